The van der Waals surface area contributed by atoms with Crippen LogP contribution >= 0.6 is 0 Å². The van der Waals surface area contributed by atoms with Crippen LogP contribution in [0.15, 0.2) is 0 Å². The fraction of sp³-hybridized carbons (Fsp3) is 0.923. The first-order valence-corrected chi connectivity index (χ1v) is 6.65. The van der Waals surface area contributed by atoms with E-state index in [0.29, 0.717) is 25.6 Å². The number of carbonyl (C=O) groups is 1. The average molecular weight is 243 g/mol. The van der Waals surface area contributed by atoms with Crippen LogP contribution in [0, 0.1) is 5.92 Å². The lowest BCUT2D eigenvalue weighted by atomic mass is 10.0. The molecule has 0 heterocycles. The van der Waals surface area contributed by atoms with E-state index in [9.17, 15) is 4.79 Å². The maximum atomic E-state index is 11.6. The van der Waals surface area contributed by atoms with Crippen LogP contribution in [0.1, 0.15) is 44.9 Å². The van der Waals surface area contributed by atoms with Crippen LogP contribution in [-0.4, -0.2) is 32.3 Å². The summed E-state index contributed by atoms with van der Waals surface area (Å²) < 4.78 is 10.2. The molecular formula is C13H25NO3. The van der Waals surface area contributed by atoms with Gasteiger partial charge < -0.3 is 15.2 Å². The highest BCUT2D eigenvalue weighted by Crippen LogP contribution is 2.23. The van der Waals surface area contributed by atoms with Gasteiger partial charge in [0, 0.05) is 13.7 Å². The highest BCUT2D eigenvalue weighted by Gasteiger charge is 2.18. The van der Waals surface area contributed by atoms with E-state index >= 15 is 0 Å². The van der Waals surface area contributed by atoms with Crippen LogP contribution in [0.5, 0.6) is 0 Å². The molecule has 1 fully saturated rings. The monoisotopic (exact) mass is 243 g/mol. The van der Waals surface area contributed by atoms with Gasteiger partial charge in [0.1, 0.15) is 6.04 Å². The quantitative estimate of drug-likeness (QED) is 0.571. The van der Waals surface area contributed by atoms with Crippen LogP contribution in [0.2, 0.25) is 0 Å². The second-order valence-electron chi connectivity index (χ2n) is 4.88. The Morgan fingerprint density at radius 2 is 1.94 bits per heavy atom. The van der Waals surface area contributed by atoms with Crippen molar-refractivity contribution in [3.05, 3.63) is 0 Å². The maximum Gasteiger partial charge on any atom is 0.323 e. The lowest BCUT2D eigenvalue weighted by Gasteiger charge is -2.16. The van der Waals surface area contributed by atoms with Crippen molar-refractivity contribution in [2.24, 2.45) is 11.7 Å². The number of esters is 1. The predicted molar refractivity (Wildman–Crippen MR) is 66.6 cm³/mol. The van der Waals surface area contributed by atoms with Gasteiger partial charge in [0.2, 0.25) is 0 Å². The predicted octanol–water partition coefficient (Wildman–Crippen LogP) is 1.86. The van der Waals surface area contributed by atoms with Gasteiger partial charge in [-0.25, -0.2) is 0 Å². The van der Waals surface area contributed by atoms with Gasteiger partial charge in [-0.1, -0.05) is 25.7 Å². The number of rotatable bonds is 6. The molecule has 0 spiro atoms. The van der Waals surface area contributed by atoms with Crippen molar-refractivity contribution in [2.75, 3.05) is 20.3 Å². The van der Waals surface area contributed by atoms with E-state index in [0.717, 1.165) is 0 Å². The van der Waals surface area contributed by atoms with Crippen LogP contribution in [0.4, 0.5) is 0 Å². The summed E-state index contributed by atoms with van der Waals surface area (Å²) in [6.45, 7) is 1.04. The third kappa shape index (κ3) is 6.03. The molecule has 0 aromatic rings. The van der Waals surface area contributed by atoms with Crippen molar-refractivity contribution < 1.29 is 14.3 Å². The summed E-state index contributed by atoms with van der Waals surface area (Å²) in [5.74, 6) is 0.252. The van der Waals surface area contributed by atoms with Gasteiger partial charge in [-0.05, 0) is 25.2 Å². The van der Waals surface area contributed by atoms with Crippen molar-refractivity contribution in [3.63, 3.8) is 0 Å². The van der Waals surface area contributed by atoms with Gasteiger partial charge in [0.25, 0.3) is 0 Å². The molecule has 100 valence electrons. The molecule has 2 N–H and O–H groups in total. The fourth-order valence-electron chi connectivity index (χ4n) is 2.20. The summed E-state index contributed by atoms with van der Waals surface area (Å²) in [5, 5.41) is 0. The molecular weight excluding hydrogens is 218 g/mol. The summed E-state index contributed by atoms with van der Waals surface area (Å²) >= 11 is 0. The second kappa shape index (κ2) is 8.48. The summed E-state index contributed by atoms with van der Waals surface area (Å²) in [7, 11) is 1.60. The van der Waals surface area contributed by atoms with Crippen molar-refractivity contribution >= 4 is 5.97 Å². The number of nitrogens with two attached hydrogens (primary N) is 1. The minimum atomic E-state index is -0.541. The van der Waals surface area contributed by atoms with E-state index < -0.39 is 6.04 Å². The molecule has 1 aliphatic rings. The lowest BCUT2D eigenvalue weighted by molar-refractivity contribution is -0.147. The van der Waals surface area contributed by atoms with Crippen molar-refractivity contribution in [1.82, 2.24) is 0 Å². The Labute approximate surface area is 104 Å². The third-order valence-corrected chi connectivity index (χ3v) is 3.37. The number of methoxy groups -OCH3 is 1. The largest absolute Gasteiger partial charge is 0.464 e. The van der Waals surface area contributed by atoms with Crippen molar-refractivity contribution in [3.8, 4) is 0 Å². The van der Waals surface area contributed by atoms with E-state index in [1.54, 1.807) is 7.11 Å². The molecule has 1 atom stereocenters. The molecule has 0 aromatic carbocycles. The highest BCUT2D eigenvalue weighted by molar-refractivity contribution is 5.75. The Hall–Kier alpha value is -0.610. The molecule has 1 rings (SSSR count). The summed E-state index contributed by atoms with van der Waals surface area (Å²) in [4.78, 5) is 11.6. The summed E-state index contributed by atoms with van der Waals surface area (Å²) in [6.07, 6.45) is 8.05. The summed E-state index contributed by atoms with van der Waals surface area (Å²) in [5.41, 5.74) is 5.70. The molecule has 4 heteroatoms. The van der Waals surface area contributed by atoms with Gasteiger partial charge in [0.05, 0.1) is 6.61 Å². The third-order valence-electron chi connectivity index (χ3n) is 3.37. The van der Waals surface area contributed by atoms with E-state index in [1.807, 2.05) is 0 Å². The highest BCUT2D eigenvalue weighted by atomic mass is 16.5. The van der Waals surface area contributed by atoms with Crippen LogP contribution in [-0.2, 0) is 14.3 Å². The summed E-state index contributed by atoms with van der Waals surface area (Å²) in [6, 6.07) is -0.541. The first kappa shape index (κ1) is 14.5. The molecule has 1 saturated carbocycles. The molecule has 0 aromatic heterocycles. The number of hydrogen-bond acceptors (Lipinski definition) is 4. The van der Waals surface area contributed by atoms with Gasteiger partial charge in [-0.15, -0.1) is 0 Å². The molecule has 0 radical (unpaired) electrons. The average Bonchev–Trinajstić information content (AvgIpc) is 2.61. The van der Waals surface area contributed by atoms with E-state index in [-0.39, 0.29) is 5.97 Å². The van der Waals surface area contributed by atoms with Gasteiger partial charge in [-0.3, -0.25) is 4.79 Å². The topological polar surface area (TPSA) is 61.5 Å². The van der Waals surface area contributed by atoms with Crippen LogP contribution < -0.4 is 5.73 Å². The van der Waals surface area contributed by atoms with Crippen LogP contribution in [0.3, 0.4) is 0 Å². The molecule has 0 amide bonds. The zero-order valence-corrected chi connectivity index (χ0v) is 10.8. The normalized spacial score (nSPS) is 19.6. The minimum absolute atomic E-state index is 0.286. The van der Waals surface area contributed by atoms with Gasteiger partial charge in [-0.2, -0.15) is 0 Å². The Morgan fingerprint density at radius 3 is 2.53 bits per heavy atom. The zero-order valence-electron chi connectivity index (χ0n) is 10.8. The Morgan fingerprint density at radius 1 is 1.29 bits per heavy atom. The van der Waals surface area contributed by atoms with E-state index in [4.69, 9.17) is 15.2 Å². The second-order valence-corrected chi connectivity index (χ2v) is 4.88. The molecule has 17 heavy (non-hydrogen) atoms. The lowest BCUT2D eigenvalue weighted by Crippen LogP contribution is -2.34. The molecule has 4 nitrogen and oxygen atoms in total. The zero-order chi connectivity index (χ0) is 12.5. The first-order valence-electron chi connectivity index (χ1n) is 6.65. The minimum Gasteiger partial charge on any atom is -0.464 e. The van der Waals surface area contributed by atoms with Crippen molar-refractivity contribution in [1.29, 1.82) is 0 Å². The Balaban J connectivity index is 2.17. The Bertz CT molecular complexity index is 213. The molecule has 0 aliphatic heterocycles. The first-order chi connectivity index (χ1) is 8.24. The fourth-order valence-corrected chi connectivity index (χ4v) is 2.20. The van der Waals surface area contributed by atoms with Crippen LogP contribution in [0.25, 0.3) is 0 Å². The SMILES string of the molecule is COCCC(N)C(=O)OCC1CCCCCC1. The molecule has 1 unspecified atom stereocenters. The van der Waals surface area contributed by atoms with E-state index in [1.165, 1.54) is 38.5 Å². The Kier molecular flexibility index (Phi) is 7.21. The maximum absolute atomic E-state index is 11.6. The standard InChI is InChI=1S/C13H25NO3/c1-16-9-8-12(14)13(15)17-10-11-6-4-2-3-5-7-11/h11-12H,2-10,14H2,1H3. The number of carbonyl (C=O) groups excluding carboxylic acids is 1. The molecule has 0 saturated heterocycles. The van der Waals surface area contributed by atoms with E-state index in [2.05, 4.69) is 0 Å². The van der Waals surface area contributed by atoms with Gasteiger partial charge in [0.15, 0.2) is 0 Å². The smallest absolute Gasteiger partial charge is 0.323 e. The number of ether oxygens (including phenoxy) is 2. The molecule has 1 aliphatic carbocycles. The van der Waals surface area contributed by atoms with Gasteiger partial charge >= 0.3 is 5.97 Å². The number of hydrogen-bond donors (Lipinski definition) is 1. The van der Waals surface area contributed by atoms with Crippen molar-refractivity contribution in [2.45, 2.75) is 51.0 Å². The molecule has 0 bridgehead atoms.